The highest BCUT2D eigenvalue weighted by atomic mass is 35.5. The van der Waals surface area contributed by atoms with Crippen molar-refractivity contribution in [2.24, 2.45) is 10.4 Å². The average molecular weight is 352 g/mol. The number of nitrogens with zero attached hydrogens (tertiary/aromatic N) is 1. The van der Waals surface area contributed by atoms with Gasteiger partial charge in [-0.3, -0.25) is 4.99 Å². The number of hydrogen-bond acceptors (Lipinski definition) is 2. The molecule has 0 aliphatic heterocycles. The second kappa shape index (κ2) is 9.90. The van der Waals surface area contributed by atoms with Crippen LogP contribution in [-0.4, -0.2) is 39.3 Å². The van der Waals surface area contributed by atoms with Crippen LogP contribution in [0, 0.1) is 5.41 Å². The molecule has 1 aromatic carbocycles. The maximum Gasteiger partial charge on any atom is 0.191 e. The smallest absolute Gasteiger partial charge is 0.191 e. The molecule has 0 radical (unpaired) electrons. The molecule has 1 saturated carbocycles. The van der Waals surface area contributed by atoms with Crippen molar-refractivity contribution in [2.75, 3.05) is 33.4 Å². The minimum Gasteiger partial charge on any atom is -0.385 e. The van der Waals surface area contributed by atoms with E-state index in [9.17, 15) is 0 Å². The minimum absolute atomic E-state index is 0.356. The van der Waals surface area contributed by atoms with Crippen LogP contribution in [-0.2, 0) is 11.2 Å². The van der Waals surface area contributed by atoms with Gasteiger partial charge in [0, 0.05) is 38.4 Å². The lowest BCUT2D eigenvalue weighted by Gasteiger charge is -2.40. The van der Waals surface area contributed by atoms with Crippen molar-refractivity contribution >= 4 is 17.6 Å². The van der Waals surface area contributed by atoms with Crippen LogP contribution in [0.2, 0.25) is 5.02 Å². The Hall–Kier alpha value is -1.26. The number of ether oxygens (including phenoxy) is 1. The largest absolute Gasteiger partial charge is 0.385 e. The number of benzene rings is 1. The first-order chi connectivity index (χ1) is 11.7. The van der Waals surface area contributed by atoms with Gasteiger partial charge >= 0.3 is 0 Å². The third kappa shape index (κ3) is 5.99. The first kappa shape index (κ1) is 19.1. The van der Waals surface area contributed by atoms with Gasteiger partial charge in [-0.05, 0) is 55.7 Å². The Kier molecular flexibility index (Phi) is 7.86. The molecule has 134 valence electrons. The van der Waals surface area contributed by atoms with Gasteiger partial charge in [0.15, 0.2) is 5.96 Å². The lowest BCUT2D eigenvalue weighted by atomic mass is 9.67. The van der Waals surface area contributed by atoms with E-state index in [0.29, 0.717) is 5.41 Å². The topological polar surface area (TPSA) is 45.7 Å². The highest BCUT2D eigenvalue weighted by molar-refractivity contribution is 6.30. The van der Waals surface area contributed by atoms with E-state index in [2.05, 4.69) is 29.7 Å². The van der Waals surface area contributed by atoms with Crippen LogP contribution in [0.15, 0.2) is 29.3 Å². The monoisotopic (exact) mass is 351 g/mol. The number of methoxy groups -OCH3 is 1. The molecule has 0 atom stereocenters. The summed E-state index contributed by atoms with van der Waals surface area (Å²) in [5.41, 5.74) is 1.63. The average Bonchev–Trinajstić information content (AvgIpc) is 2.55. The van der Waals surface area contributed by atoms with Crippen LogP contribution in [0.5, 0.6) is 0 Å². The van der Waals surface area contributed by atoms with Crippen LogP contribution in [0.1, 0.15) is 38.2 Å². The van der Waals surface area contributed by atoms with Gasteiger partial charge < -0.3 is 15.4 Å². The Morgan fingerprint density at radius 2 is 2.00 bits per heavy atom. The fraction of sp³-hybridized carbons (Fsp3) is 0.632. The Bertz CT molecular complexity index is 512. The number of nitrogens with one attached hydrogen (secondary N) is 2. The van der Waals surface area contributed by atoms with E-state index in [-0.39, 0.29) is 0 Å². The van der Waals surface area contributed by atoms with E-state index in [4.69, 9.17) is 21.3 Å². The molecule has 1 aliphatic rings. The molecule has 0 amide bonds. The van der Waals surface area contributed by atoms with Gasteiger partial charge in [0.25, 0.3) is 0 Å². The molecule has 1 aliphatic carbocycles. The lowest BCUT2D eigenvalue weighted by Crippen LogP contribution is -2.41. The molecule has 0 saturated heterocycles. The zero-order valence-electron chi connectivity index (χ0n) is 14.9. The second-order valence-electron chi connectivity index (χ2n) is 6.59. The van der Waals surface area contributed by atoms with Crippen LogP contribution in [0.3, 0.4) is 0 Å². The Morgan fingerprint density at radius 1 is 1.25 bits per heavy atom. The molecule has 0 bridgehead atoms. The summed E-state index contributed by atoms with van der Waals surface area (Å²) >= 11 is 5.92. The molecule has 24 heavy (non-hydrogen) atoms. The number of hydrogen-bond donors (Lipinski definition) is 2. The summed E-state index contributed by atoms with van der Waals surface area (Å²) in [5, 5.41) is 7.56. The van der Waals surface area contributed by atoms with E-state index in [1.807, 2.05) is 12.1 Å². The Morgan fingerprint density at radius 3 is 2.58 bits per heavy atom. The SMILES string of the molecule is CCNC(=NCC1(CCOC)CCC1)NCCc1ccc(Cl)cc1. The molecular formula is C19H30ClN3O. The zero-order chi connectivity index (χ0) is 17.3. The third-order valence-electron chi connectivity index (χ3n) is 4.79. The fourth-order valence-corrected chi connectivity index (χ4v) is 3.17. The third-order valence-corrected chi connectivity index (χ3v) is 5.04. The van der Waals surface area contributed by atoms with Gasteiger partial charge in [0.2, 0.25) is 0 Å². The molecule has 1 fully saturated rings. The van der Waals surface area contributed by atoms with Crippen molar-refractivity contribution in [3.05, 3.63) is 34.9 Å². The Labute approximate surface area is 151 Å². The van der Waals surface area contributed by atoms with Crippen LogP contribution in [0.4, 0.5) is 0 Å². The van der Waals surface area contributed by atoms with E-state index < -0.39 is 0 Å². The summed E-state index contributed by atoms with van der Waals surface area (Å²) < 4.78 is 5.26. The predicted octanol–water partition coefficient (Wildman–Crippen LogP) is 3.64. The van der Waals surface area contributed by atoms with Crippen LogP contribution >= 0.6 is 11.6 Å². The molecule has 0 spiro atoms. The van der Waals surface area contributed by atoms with Gasteiger partial charge in [-0.15, -0.1) is 0 Å². The molecule has 0 unspecified atom stereocenters. The number of aliphatic imine (C=N–C) groups is 1. The van der Waals surface area contributed by atoms with Crippen molar-refractivity contribution in [2.45, 2.75) is 39.0 Å². The molecule has 5 heteroatoms. The van der Waals surface area contributed by atoms with E-state index in [1.165, 1.54) is 24.8 Å². The summed E-state index contributed by atoms with van der Waals surface area (Å²) in [5.74, 6) is 0.912. The normalized spacial score (nSPS) is 16.5. The van der Waals surface area contributed by atoms with Gasteiger partial charge in [-0.25, -0.2) is 0 Å². The molecule has 2 N–H and O–H groups in total. The number of rotatable bonds is 9. The van der Waals surface area contributed by atoms with Crippen molar-refractivity contribution in [3.8, 4) is 0 Å². The highest BCUT2D eigenvalue weighted by Crippen LogP contribution is 2.44. The summed E-state index contributed by atoms with van der Waals surface area (Å²) in [6.45, 7) is 5.54. The second-order valence-corrected chi connectivity index (χ2v) is 7.03. The molecular weight excluding hydrogens is 322 g/mol. The Balaban J connectivity index is 1.82. The van der Waals surface area contributed by atoms with Gasteiger partial charge in [0.05, 0.1) is 0 Å². The van der Waals surface area contributed by atoms with Crippen LogP contribution in [0.25, 0.3) is 0 Å². The minimum atomic E-state index is 0.356. The fourth-order valence-electron chi connectivity index (χ4n) is 3.05. The summed E-state index contributed by atoms with van der Waals surface area (Å²) in [7, 11) is 1.78. The number of halogens is 1. The van der Waals surface area contributed by atoms with Crippen molar-refractivity contribution in [1.29, 1.82) is 0 Å². The van der Waals surface area contributed by atoms with Crippen molar-refractivity contribution in [1.82, 2.24) is 10.6 Å². The maximum absolute atomic E-state index is 5.92. The first-order valence-corrected chi connectivity index (χ1v) is 9.31. The van der Waals surface area contributed by atoms with Crippen LogP contribution < -0.4 is 10.6 Å². The quantitative estimate of drug-likeness (QED) is 0.527. The first-order valence-electron chi connectivity index (χ1n) is 8.93. The molecule has 1 aromatic rings. The van der Waals surface area contributed by atoms with Crippen molar-refractivity contribution < 1.29 is 4.74 Å². The van der Waals surface area contributed by atoms with E-state index in [0.717, 1.165) is 50.1 Å². The van der Waals surface area contributed by atoms with Gasteiger partial charge in [-0.1, -0.05) is 30.2 Å². The molecule has 2 rings (SSSR count). The molecule has 0 heterocycles. The summed E-state index contributed by atoms with van der Waals surface area (Å²) in [4.78, 5) is 4.82. The zero-order valence-corrected chi connectivity index (χ0v) is 15.7. The highest BCUT2D eigenvalue weighted by Gasteiger charge is 2.36. The molecule has 4 nitrogen and oxygen atoms in total. The summed E-state index contributed by atoms with van der Waals surface area (Å²) in [6, 6.07) is 8.02. The maximum atomic E-state index is 5.92. The van der Waals surface area contributed by atoms with E-state index >= 15 is 0 Å². The molecule has 0 aromatic heterocycles. The standard InChI is InChI=1S/C19H30ClN3O/c1-3-21-18(22-13-9-16-5-7-17(20)8-6-16)23-15-19(10-4-11-19)12-14-24-2/h5-8H,3-4,9-15H2,1-2H3,(H2,21,22,23). The predicted molar refractivity (Wildman–Crippen MR) is 102 cm³/mol. The summed E-state index contributed by atoms with van der Waals surface area (Å²) in [6.07, 6.45) is 5.92. The van der Waals surface area contributed by atoms with Crippen molar-refractivity contribution in [3.63, 3.8) is 0 Å². The van der Waals surface area contributed by atoms with E-state index in [1.54, 1.807) is 7.11 Å². The number of guanidine groups is 1. The van der Waals surface area contributed by atoms with Gasteiger partial charge in [-0.2, -0.15) is 0 Å². The van der Waals surface area contributed by atoms with Gasteiger partial charge in [0.1, 0.15) is 0 Å². The lowest BCUT2D eigenvalue weighted by molar-refractivity contribution is 0.0778.